The number of hydrogen-bond donors (Lipinski definition) is 1. The minimum absolute atomic E-state index is 0.198. The van der Waals surface area contributed by atoms with Crippen LogP contribution in [0.3, 0.4) is 0 Å². The van der Waals surface area contributed by atoms with Gasteiger partial charge in [0, 0.05) is 15.6 Å². The molecule has 1 aromatic heterocycles. The van der Waals surface area contributed by atoms with Crippen molar-refractivity contribution in [2.24, 2.45) is 0 Å². The first-order valence-electron chi connectivity index (χ1n) is 8.75. The second-order valence-corrected chi connectivity index (χ2v) is 7.32. The highest BCUT2D eigenvalue weighted by Gasteiger charge is 2.15. The molecular formula is C21H20Cl2N2O3. The van der Waals surface area contributed by atoms with Crippen molar-refractivity contribution in [3.8, 4) is 5.75 Å². The van der Waals surface area contributed by atoms with E-state index in [1.807, 2.05) is 20.8 Å². The number of halogens is 2. The quantitative estimate of drug-likeness (QED) is 0.559. The van der Waals surface area contributed by atoms with Gasteiger partial charge in [0.25, 0.3) is 5.91 Å². The Morgan fingerprint density at radius 3 is 2.50 bits per heavy atom. The number of nitrogens with one attached hydrogen (secondary N) is 1. The Labute approximate surface area is 173 Å². The average molecular weight is 419 g/mol. The van der Waals surface area contributed by atoms with Crippen LogP contribution in [0.2, 0.25) is 10.0 Å². The zero-order valence-electron chi connectivity index (χ0n) is 15.8. The van der Waals surface area contributed by atoms with Gasteiger partial charge in [0.05, 0.1) is 17.3 Å². The molecule has 7 heteroatoms. The molecule has 0 saturated heterocycles. The van der Waals surface area contributed by atoms with Crippen molar-refractivity contribution in [3.05, 3.63) is 80.7 Å². The fraction of sp³-hybridized carbons (Fsp3) is 0.238. The minimum atomic E-state index is -0.257. The number of hydrogen-bond acceptors (Lipinski definition) is 4. The third kappa shape index (κ3) is 4.66. The Kier molecular flexibility index (Phi) is 6.27. The largest absolute Gasteiger partial charge is 0.489 e. The molecule has 0 aliphatic heterocycles. The fourth-order valence-electron chi connectivity index (χ4n) is 2.78. The number of carbonyl (C=O) groups is 1. The highest BCUT2D eigenvalue weighted by atomic mass is 35.5. The summed E-state index contributed by atoms with van der Waals surface area (Å²) in [5.41, 5.74) is 3.07. The van der Waals surface area contributed by atoms with E-state index in [0.29, 0.717) is 28.0 Å². The second-order valence-electron chi connectivity index (χ2n) is 6.48. The lowest BCUT2D eigenvalue weighted by atomic mass is 10.1. The molecule has 1 unspecified atom stereocenters. The van der Waals surface area contributed by atoms with Gasteiger partial charge in [-0.05, 0) is 62.7 Å². The van der Waals surface area contributed by atoms with Crippen LogP contribution in [0.4, 0.5) is 0 Å². The summed E-state index contributed by atoms with van der Waals surface area (Å²) >= 11 is 12.1. The van der Waals surface area contributed by atoms with E-state index in [-0.39, 0.29) is 11.9 Å². The van der Waals surface area contributed by atoms with Gasteiger partial charge in [-0.25, -0.2) is 0 Å². The zero-order valence-corrected chi connectivity index (χ0v) is 17.3. The van der Waals surface area contributed by atoms with E-state index < -0.39 is 0 Å². The first-order chi connectivity index (χ1) is 13.3. The first kappa shape index (κ1) is 20.2. The molecule has 1 N–H and O–H groups in total. The maximum absolute atomic E-state index is 12.5. The Morgan fingerprint density at radius 2 is 1.89 bits per heavy atom. The lowest BCUT2D eigenvalue weighted by molar-refractivity contribution is 0.0940. The van der Waals surface area contributed by atoms with Crippen LogP contribution in [0.1, 0.15) is 45.9 Å². The van der Waals surface area contributed by atoms with Gasteiger partial charge in [-0.15, -0.1) is 0 Å². The Morgan fingerprint density at radius 1 is 1.18 bits per heavy atom. The molecule has 3 rings (SSSR count). The highest BCUT2D eigenvalue weighted by Crippen LogP contribution is 2.26. The molecule has 0 bridgehead atoms. The third-order valence-electron chi connectivity index (χ3n) is 4.46. The summed E-state index contributed by atoms with van der Waals surface area (Å²) in [7, 11) is 0. The van der Waals surface area contributed by atoms with Gasteiger partial charge >= 0.3 is 0 Å². The van der Waals surface area contributed by atoms with Crippen molar-refractivity contribution in [2.45, 2.75) is 33.4 Å². The SMILES string of the molecule is Cc1noc(C)c1COc1ccc(C(=O)NC(C)c2ccc(Cl)cc2Cl)cc1. The predicted octanol–water partition coefficient (Wildman–Crippen LogP) is 5.67. The number of nitrogens with zero attached hydrogens (tertiary/aromatic N) is 1. The molecule has 1 atom stereocenters. The van der Waals surface area contributed by atoms with Crippen LogP contribution >= 0.6 is 23.2 Å². The molecule has 5 nitrogen and oxygen atoms in total. The maximum Gasteiger partial charge on any atom is 0.251 e. The second kappa shape index (κ2) is 8.67. The molecule has 0 radical (unpaired) electrons. The summed E-state index contributed by atoms with van der Waals surface area (Å²) in [5.74, 6) is 1.20. The van der Waals surface area contributed by atoms with Crippen LogP contribution < -0.4 is 10.1 Å². The molecule has 28 heavy (non-hydrogen) atoms. The third-order valence-corrected chi connectivity index (χ3v) is 5.02. The molecule has 2 aromatic carbocycles. The first-order valence-corrected chi connectivity index (χ1v) is 9.51. The van der Waals surface area contributed by atoms with Crippen molar-refractivity contribution in [1.29, 1.82) is 0 Å². The normalized spacial score (nSPS) is 11.9. The molecule has 0 fully saturated rings. The molecule has 1 amide bonds. The lowest BCUT2D eigenvalue weighted by Crippen LogP contribution is -2.26. The topological polar surface area (TPSA) is 64.4 Å². The standard InChI is InChI=1S/C21H20Cl2N2O3/c1-12(18-9-6-16(22)10-20(18)23)24-21(26)15-4-7-17(8-5-15)27-11-19-13(2)25-28-14(19)3/h4-10,12H,11H2,1-3H3,(H,24,26). The Balaban J connectivity index is 1.61. The Hall–Kier alpha value is -2.50. The lowest BCUT2D eigenvalue weighted by Gasteiger charge is -2.16. The fourth-order valence-corrected chi connectivity index (χ4v) is 3.35. The van der Waals surface area contributed by atoms with Crippen LogP contribution in [0.25, 0.3) is 0 Å². The van der Waals surface area contributed by atoms with E-state index in [2.05, 4.69) is 10.5 Å². The molecule has 0 aliphatic carbocycles. The average Bonchev–Trinajstić information content (AvgIpc) is 2.98. The summed E-state index contributed by atoms with van der Waals surface area (Å²) in [5, 5.41) is 7.91. The molecule has 3 aromatic rings. The van der Waals surface area contributed by atoms with Crippen molar-refractivity contribution >= 4 is 29.1 Å². The van der Waals surface area contributed by atoms with E-state index >= 15 is 0 Å². The highest BCUT2D eigenvalue weighted by molar-refractivity contribution is 6.35. The van der Waals surface area contributed by atoms with Gasteiger partial charge in [0.2, 0.25) is 0 Å². The number of carbonyl (C=O) groups excluding carboxylic acids is 1. The number of benzene rings is 2. The smallest absolute Gasteiger partial charge is 0.251 e. The van der Waals surface area contributed by atoms with Crippen molar-refractivity contribution in [1.82, 2.24) is 10.5 Å². The van der Waals surface area contributed by atoms with Crippen molar-refractivity contribution in [3.63, 3.8) is 0 Å². The molecule has 0 spiro atoms. The van der Waals surface area contributed by atoms with Crippen LogP contribution in [0.15, 0.2) is 47.0 Å². The van der Waals surface area contributed by atoms with Crippen LogP contribution in [0.5, 0.6) is 5.75 Å². The number of rotatable bonds is 6. The molecule has 1 heterocycles. The van der Waals surface area contributed by atoms with E-state index in [0.717, 1.165) is 22.6 Å². The maximum atomic E-state index is 12.5. The van der Waals surface area contributed by atoms with Gasteiger partial charge < -0.3 is 14.6 Å². The van der Waals surface area contributed by atoms with Crippen LogP contribution in [0, 0.1) is 13.8 Å². The van der Waals surface area contributed by atoms with Crippen LogP contribution in [-0.2, 0) is 6.61 Å². The monoisotopic (exact) mass is 418 g/mol. The predicted molar refractivity (Wildman–Crippen MR) is 109 cm³/mol. The van der Waals surface area contributed by atoms with Gasteiger partial charge in [-0.2, -0.15) is 0 Å². The van der Waals surface area contributed by atoms with Crippen LogP contribution in [-0.4, -0.2) is 11.1 Å². The van der Waals surface area contributed by atoms with E-state index in [9.17, 15) is 4.79 Å². The number of aromatic nitrogens is 1. The zero-order chi connectivity index (χ0) is 20.3. The summed E-state index contributed by atoms with van der Waals surface area (Å²) in [6.07, 6.45) is 0. The van der Waals surface area contributed by atoms with E-state index in [1.165, 1.54) is 0 Å². The van der Waals surface area contributed by atoms with E-state index in [1.54, 1.807) is 42.5 Å². The van der Waals surface area contributed by atoms with Crippen molar-refractivity contribution in [2.75, 3.05) is 0 Å². The number of ether oxygens (including phenoxy) is 1. The number of amides is 1. The summed E-state index contributed by atoms with van der Waals surface area (Å²) in [6, 6.07) is 11.9. The van der Waals surface area contributed by atoms with Gasteiger partial charge in [0.1, 0.15) is 18.1 Å². The van der Waals surface area contributed by atoms with Gasteiger partial charge in [0.15, 0.2) is 0 Å². The van der Waals surface area contributed by atoms with Gasteiger partial charge in [-0.3, -0.25) is 4.79 Å². The summed E-state index contributed by atoms with van der Waals surface area (Å²) in [6.45, 7) is 5.95. The minimum Gasteiger partial charge on any atom is -0.489 e. The molecule has 0 aliphatic rings. The van der Waals surface area contributed by atoms with Crippen molar-refractivity contribution < 1.29 is 14.1 Å². The van der Waals surface area contributed by atoms with Gasteiger partial charge in [-0.1, -0.05) is 34.4 Å². The molecule has 0 saturated carbocycles. The summed E-state index contributed by atoms with van der Waals surface area (Å²) in [4.78, 5) is 12.5. The number of aryl methyl sites for hydroxylation is 2. The molecule has 146 valence electrons. The summed E-state index contributed by atoms with van der Waals surface area (Å²) < 4.78 is 10.9. The molecular weight excluding hydrogens is 399 g/mol. The van der Waals surface area contributed by atoms with E-state index in [4.69, 9.17) is 32.5 Å². The Bertz CT molecular complexity index is 964.